The molecule has 1 aromatic rings. The molecule has 0 atom stereocenters. The second-order valence-corrected chi connectivity index (χ2v) is 4.04. The van der Waals surface area contributed by atoms with Crippen LogP contribution in [0.1, 0.15) is 6.42 Å². The Kier molecular flexibility index (Phi) is 4.53. The van der Waals surface area contributed by atoms with Gasteiger partial charge < -0.3 is 10.1 Å². The normalized spacial score (nSPS) is 16.7. The number of morpholine rings is 1. The van der Waals surface area contributed by atoms with E-state index in [1.54, 1.807) is 12.1 Å². The fourth-order valence-electron chi connectivity index (χ4n) is 1.78. The van der Waals surface area contributed by atoms with Gasteiger partial charge in [0.1, 0.15) is 0 Å². The van der Waals surface area contributed by atoms with Crippen molar-refractivity contribution in [1.29, 1.82) is 0 Å². The first kappa shape index (κ1) is 12.1. The molecule has 0 aromatic heterocycles. The molecule has 0 bridgehead atoms. The van der Waals surface area contributed by atoms with Gasteiger partial charge >= 0.3 is 0 Å². The summed E-state index contributed by atoms with van der Waals surface area (Å²) in [5.41, 5.74) is 0.829. The van der Waals surface area contributed by atoms with Crippen molar-refractivity contribution in [3.63, 3.8) is 0 Å². The lowest BCUT2D eigenvalue weighted by atomic mass is 10.3. The topological polar surface area (TPSA) is 41.6 Å². The van der Waals surface area contributed by atoms with Gasteiger partial charge in [0.2, 0.25) is 5.91 Å². The molecule has 1 aliphatic rings. The number of nitrogens with zero attached hydrogens (tertiary/aromatic N) is 1. The van der Waals surface area contributed by atoms with Gasteiger partial charge in [-0.15, -0.1) is 0 Å². The van der Waals surface area contributed by atoms with Crippen LogP contribution in [0.25, 0.3) is 0 Å². The molecule has 1 aromatic carbocycles. The molecular weight excluding hydrogens is 216 g/mol. The van der Waals surface area contributed by atoms with Crippen molar-refractivity contribution in [1.82, 2.24) is 4.90 Å². The first-order valence-corrected chi connectivity index (χ1v) is 5.91. The van der Waals surface area contributed by atoms with E-state index >= 15 is 0 Å². The number of hydrogen-bond donors (Lipinski definition) is 1. The molecule has 1 aliphatic heterocycles. The predicted octanol–water partition coefficient (Wildman–Crippen LogP) is 1.15. The van der Waals surface area contributed by atoms with E-state index in [0.29, 0.717) is 6.42 Å². The smallest absolute Gasteiger partial charge is 0.225 e. The molecule has 1 saturated heterocycles. The van der Waals surface area contributed by atoms with E-state index in [9.17, 15) is 4.79 Å². The van der Waals surface area contributed by atoms with Crippen LogP contribution in [0, 0.1) is 6.07 Å². The average Bonchev–Trinajstić information content (AvgIpc) is 2.39. The van der Waals surface area contributed by atoms with Gasteiger partial charge in [-0.1, -0.05) is 12.1 Å². The maximum atomic E-state index is 11.7. The van der Waals surface area contributed by atoms with Crippen LogP contribution in [0.15, 0.2) is 24.3 Å². The molecule has 1 amide bonds. The summed E-state index contributed by atoms with van der Waals surface area (Å²) in [6.07, 6.45) is 0.526. The first-order valence-electron chi connectivity index (χ1n) is 5.91. The highest BCUT2D eigenvalue weighted by atomic mass is 16.5. The van der Waals surface area contributed by atoms with Gasteiger partial charge in [0, 0.05) is 31.7 Å². The number of amides is 1. The van der Waals surface area contributed by atoms with Crippen LogP contribution in [-0.4, -0.2) is 43.7 Å². The molecular formula is C13H17N2O2. The SMILES string of the molecule is O=C(CCN1CCOCC1)Nc1cc[c]cc1. The highest BCUT2D eigenvalue weighted by molar-refractivity contribution is 5.90. The van der Waals surface area contributed by atoms with Crippen LogP contribution in [0.2, 0.25) is 0 Å². The minimum absolute atomic E-state index is 0.0580. The molecule has 0 spiro atoms. The molecule has 2 rings (SSSR count). The lowest BCUT2D eigenvalue weighted by Gasteiger charge is -2.26. The molecule has 1 N–H and O–H groups in total. The van der Waals surface area contributed by atoms with Crippen LogP contribution in [0.3, 0.4) is 0 Å². The number of rotatable bonds is 4. The fourth-order valence-corrected chi connectivity index (χ4v) is 1.78. The minimum Gasteiger partial charge on any atom is -0.379 e. The third kappa shape index (κ3) is 4.17. The summed E-state index contributed by atoms with van der Waals surface area (Å²) in [5.74, 6) is 0.0580. The van der Waals surface area contributed by atoms with E-state index < -0.39 is 0 Å². The summed E-state index contributed by atoms with van der Waals surface area (Å²) < 4.78 is 5.26. The van der Waals surface area contributed by atoms with Crippen LogP contribution in [0.5, 0.6) is 0 Å². The van der Waals surface area contributed by atoms with Crippen LogP contribution in [0.4, 0.5) is 5.69 Å². The highest BCUT2D eigenvalue weighted by Gasteiger charge is 2.11. The lowest BCUT2D eigenvalue weighted by Crippen LogP contribution is -2.38. The third-order valence-corrected chi connectivity index (χ3v) is 2.76. The molecule has 0 saturated carbocycles. The third-order valence-electron chi connectivity index (χ3n) is 2.76. The Morgan fingerprint density at radius 1 is 1.35 bits per heavy atom. The van der Waals surface area contributed by atoms with Crippen molar-refractivity contribution in [3.05, 3.63) is 30.3 Å². The molecule has 1 radical (unpaired) electrons. The van der Waals surface area contributed by atoms with Crippen LogP contribution < -0.4 is 5.32 Å². The highest BCUT2D eigenvalue weighted by Crippen LogP contribution is 2.05. The molecule has 4 nitrogen and oxygen atoms in total. The molecule has 1 fully saturated rings. The van der Waals surface area contributed by atoms with Gasteiger partial charge in [0.05, 0.1) is 13.2 Å². The molecule has 91 valence electrons. The van der Waals surface area contributed by atoms with Gasteiger partial charge in [-0.25, -0.2) is 0 Å². The molecule has 0 unspecified atom stereocenters. The van der Waals surface area contributed by atoms with E-state index in [1.165, 1.54) is 0 Å². The Morgan fingerprint density at radius 3 is 2.76 bits per heavy atom. The summed E-state index contributed by atoms with van der Waals surface area (Å²) in [7, 11) is 0. The number of carbonyl (C=O) groups is 1. The Bertz CT molecular complexity index is 348. The molecule has 17 heavy (non-hydrogen) atoms. The van der Waals surface area contributed by atoms with Crippen molar-refractivity contribution in [2.45, 2.75) is 6.42 Å². The predicted molar refractivity (Wildman–Crippen MR) is 65.8 cm³/mol. The molecule has 4 heteroatoms. The fraction of sp³-hybridized carbons (Fsp3) is 0.462. The van der Waals surface area contributed by atoms with Crippen molar-refractivity contribution in [3.8, 4) is 0 Å². The zero-order valence-electron chi connectivity index (χ0n) is 9.82. The second kappa shape index (κ2) is 6.37. The van der Waals surface area contributed by atoms with E-state index in [0.717, 1.165) is 38.5 Å². The maximum absolute atomic E-state index is 11.7. The van der Waals surface area contributed by atoms with Crippen molar-refractivity contribution in [2.75, 3.05) is 38.2 Å². The Labute approximate surface area is 102 Å². The van der Waals surface area contributed by atoms with E-state index in [1.807, 2.05) is 12.1 Å². The summed E-state index contributed by atoms with van der Waals surface area (Å²) in [5, 5.41) is 2.86. The number of carbonyl (C=O) groups excluding carboxylic acids is 1. The number of benzene rings is 1. The van der Waals surface area contributed by atoms with Gasteiger partial charge in [0.15, 0.2) is 0 Å². The number of nitrogens with one attached hydrogen (secondary N) is 1. The Morgan fingerprint density at radius 2 is 2.06 bits per heavy atom. The molecule has 0 aliphatic carbocycles. The lowest BCUT2D eigenvalue weighted by molar-refractivity contribution is -0.116. The molecule has 1 heterocycles. The van der Waals surface area contributed by atoms with Crippen molar-refractivity contribution in [2.24, 2.45) is 0 Å². The van der Waals surface area contributed by atoms with Crippen LogP contribution in [-0.2, 0) is 9.53 Å². The number of ether oxygens (including phenoxy) is 1. The largest absolute Gasteiger partial charge is 0.379 e. The Balaban J connectivity index is 1.70. The zero-order chi connectivity index (χ0) is 11.9. The summed E-state index contributed by atoms with van der Waals surface area (Å²) in [6.45, 7) is 4.20. The van der Waals surface area contributed by atoms with Crippen molar-refractivity contribution >= 4 is 11.6 Å². The van der Waals surface area contributed by atoms with Gasteiger partial charge in [-0.05, 0) is 18.2 Å². The van der Waals surface area contributed by atoms with Gasteiger partial charge in [-0.3, -0.25) is 9.69 Å². The standard InChI is InChI=1S/C13H17N2O2/c16-13(14-12-4-2-1-3-5-12)6-7-15-8-10-17-11-9-15/h2-5H,6-11H2,(H,14,16). The average molecular weight is 233 g/mol. The first-order chi connectivity index (χ1) is 8.34. The summed E-state index contributed by atoms with van der Waals surface area (Å²) in [4.78, 5) is 13.9. The van der Waals surface area contributed by atoms with Crippen LogP contribution >= 0.6 is 0 Å². The summed E-state index contributed by atoms with van der Waals surface area (Å²) in [6, 6.07) is 10.2. The zero-order valence-corrected chi connectivity index (χ0v) is 9.82. The van der Waals surface area contributed by atoms with Crippen molar-refractivity contribution < 1.29 is 9.53 Å². The Hall–Kier alpha value is -1.39. The second-order valence-electron chi connectivity index (χ2n) is 4.04. The van der Waals surface area contributed by atoms with E-state index in [2.05, 4.69) is 16.3 Å². The van der Waals surface area contributed by atoms with Gasteiger partial charge in [0.25, 0.3) is 0 Å². The summed E-state index contributed by atoms with van der Waals surface area (Å²) >= 11 is 0. The quantitative estimate of drug-likeness (QED) is 0.848. The monoisotopic (exact) mass is 233 g/mol. The van der Waals surface area contributed by atoms with E-state index in [4.69, 9.17) is 4.74 Å². The number of hydrogen-bond acceptors (Lipinski definition) is 3. The van der Waals surface area contributed by atoms with Gasteiger partial charge in [-0.2, -0.15) is 0 Å². The number of anilines is 1. The maximum Gasteiger partial charge on any atom is 0.225 e. The van der Waals surface area contributed by atoms with E-state index in [-0.39, 0.29) is 5.91 Å². The minimum atomic E-state index is 0.0580.